The maximum atomic E-state index is 11.7. The number of nitrogens with one attached hydrogen (secondary N) is 1. The molecule has 1 aliphatic carbocycles. The number of aliphatic carboxylic acids is 1. The third-order valence-corrected chi connectivity index (χ3v) is 5.94. The first-order valence-electron chi connectivity index (χ1n) is 6.56. The Labute approximate surface area is 131 Å². The number of ether oxygens (including phenoxy) is 1. The molecule has 1 rings (SSSR count). The highest BCUT2D eigenvalue weighted by Crippen LogP contribution is 2.46. The SMILES string of the molecule is CNC(=O)/C(C)=C(/CCOC(=O)CC(=O)O)SSC1CC1. The van der Waals surface area contributed by atoms with Gasteiger partial charge >= 0.3 is 11.9 Å². The third kappa shape index (κ3) is 7.42. The summed E-state index contributed by atoms with van der Waals surface area (Å²) in [6.07, 6.45) is 2.15. The molecule has 0 heterocycles. The zero-order chi connectivity index (χ0) is 15.8. The van der Waals surface area contributed by atoms with Crippen molar-refractivity contribution in [3.63, 3.8) is 0 Å². The van der Waals surface area contributed by atoms with Crippen LogP contribution in [0.1, 0.15) is 32.6 Å². The van der Waals surface area contributed by atoms with Crippen LogP contribution in [-0.4, -0.2) is 41.9 Å². The fourth-order valence-electron chi connectivity index (χ4n) is 1.33. The van der Waals surface area contributed by atoms with Gasteiger partial charge in [0.2, 0.25) is 5.91 Å². The molecule has 0 saturated heterocycles. The molecule has 21 heavy (non-hydrogen) atoms. The number of carbonyl (C=O) groups excluding carboxylic acids is 2. The fourth-order valence-corrected chi connectivity index (χ4v) is 4.25. The predicted molar refractivity (Wildman–Crippen MR) is 82.8 cm³/mol. The number of hydrogen-bond donors (Lipinski definition) is 2. The van der Waals surface area contributed by atoms with E-state index in [9.17, 15) is 14.4 Å². The van der Waals surface area contributed by atoms with Crippen molar-refractivity contribution in [3.8, 4) is 0 Å². The van der Waals surface area contributed by atoms with Crippen molar-refractivity contribution in [2.75, 3.05) is 13.7 Å². The lowest BCUT2D eigenvalue weighted by molar-refractivity contribution is -0.151. The molecule has 8 heteroatoms. The van der Waals surface area contributed by atoms with Gasteiger partial charge in [0.15, 0.2) is 0 Å². The molecular formula is C13H19NO5S2. The molecule has 0 aromatic rings. The maximum absolute atomic E-state index is 11.7. The molecule has 0 bridgehead atoms. The van der Waals surface area contributed by atoms with Crippen molar-refractivity contribution < 1.29 is 24.2 Å². The Morgan fingerprint density at radius 2 is 2.00 bits per heavy atom. The molecule has 118 valence electrons. The molecular weight excluding hydrogens is 314 g/mol. The highest BCUT2D eigenvalue weighted by atomic mass is 33.1. The Morgan fingerprint density at radius 3 is 2.52 bits per heavy atom. The Balaban J connectivity index is 2.49. The van der Waals surface area contributed by atoms with E-state index >= 15 is 0 Å². The van der Waals surface area contributed by atoms with Gasteiger partial charge in [-0.3, -0.25) is 14.4 Å². The second-order valence-electron chi connectivity index (χ2n) is 4.55. The van der Waals surface area contributed by atoms with Crippen LogP contribution in [0.2, 0.25) is 0 Å². The molecule has 0 aliphatic heterocycles. The smallest absolute Gasteiger partial charge is 0.317 e. The quantitative estimate of drug-likeness (QED) is 0.288. The van der Waals surface area contributed by atoms with E-state index in [0.717, 1.165) is 4.91 Å². The van der Waals surface area contributed by atoms with Crippen LogP contribution in [0.4, 0.5) is 0 Å². The molecule has 0 unspecified atom stereocenters. The first-order valence-corrected chi connectivity index (χ1v) is 8.78. The summed E-state index contributed by atoms with van der Waals surface area (Å²) in [7, 11) is 4.82. The molecule has 0 spiro atoms. The van der Waals surface area contributed by atoms with Gasteiger partial charge in [-0.25, -0.2) is 0 Å². The van der Waals surface area contributed by atoms with Crippen LogP contribution < -0.4 is 5.32 Å². The summed E-state index contributed by atoms with van der Waals surface area (Å²) in [5, 5.41) is 11.7. The Morgan fingerprint density at radius 1 is 1.33 bits per heavy atom. The van der Waals surface area contributed by atoms with E-state index in [2.05, 4.69) is 5.32 Å². The standard InChI is InChI=1S/C13H19NO5S2/c1-8(13(18)14-2)10(21-20-9-3-4-9)5-6-19-12(17)7-11(15)16/h9H,3-7H2,1-2H3,(H,14,18)(H,15,16)/b10-8-. The van der Waals surface area contributed by atoms with Gasteiger partial charge in [0.25, 0.3) is 0 Å². The van der Waals surface area contributed by atoms with Gasteiger partial charge in [0, 0.05) is 29.2 Å². The first-order chi connectivity index (χ1) is 9.93. The van der Waals surface area contributed by atoms with Crippen LogP contribution in [0.3, 0.4) is 0 Å². The number of rotatable bonds is 9. The number of amides is 1. The normalized spacial score (nSPS) is 15.1. The average molecular weight is 333 g/mol. The number of carboxylic acid groups (broad SMARTS) is 1. The van der Waals surface area contributed by atoms with Crippen LogP contribution >= 0.6 is 21.6 Å². The van der Waals surface area contributed by atoms with Crippen molar-refractivity contribution >= 4 is 39.4 Å². The monoisotopic (exact) mass is 333 g/mol. The highest BCUT2D eigenvalue weighted by Gasteiger charge is 2.24. The molecule has 6 nitrogen and oxygen atoms in total. The molecule has 1 amide bonds. The lowest BCUT2D eigenvalue weighted by Crippen LogP contribution is -2.20. The van der Waals surface area contributed by atoms with Gasteiger partial charge in [-0.2, -0.15) is 0 Å². The van der Waals surface area contributed by atoms with Crippen LogP contribution in [0.25, 0.3) is 0 Å². The van der Waals surface area contributed by atoms with Crippen molar-refractivity contribution in [1.29, 1.82) is 0 Å². The summed E-state index contributed by atoms with van der Waals surface area (Å²) in [6.45, 7) is 1.81. The molecule has 1 saturated carbocycles. The van der Waals surface area contributed by atoms with Crippen LogP contribution in [0.15, 0.2) is 10.5 Å². The molecule has 1 aliphatic rings. The summed E-state index contributed by atoms with van der Waals surface area (Å²) < 4.78 is 4.86. The van der Waals surface area contributed by atoms with E-state index in [1.807, 2.05) is 0 Å². The molecule has 0 aromatic heterocycles. The van der Waals surface area contributed by atoms with E-state index < -0.39 is 18.4 Å². The van der Waals surface area contributed by atoms with Crippen molar-refractivity contribution in [3.05, 3.63) is 10.5 Å². The topological polar surface area (TPSA) is 92.7 Å². The van der Waals surface area contributed by atoms with E-state index in [0.29, 0.717) is 17.2 Å². The van der Waals surface area contributed by atoms with Gasteiger partial charge in [-0.05, 0) is 19.8 Å². The van der Waals surface area contributed by atoms with Gasteiger partial charge in [-0.15, -0.1) is 0 Å². The Kier molecular flexibility index (Phi) is 7.66. The van der Waals surface area contributed by atoms with Gasteiger partial charge in [0.05, 0.1) is 6.61 Å². The maximum Gasteiger partial charge on any atom is 0.317 e. The zero-order valence-corrected chi connectivity index (χ0v) is 13.6. The highest BCUT2D eigenvalue weighted by molar-refractivity contribution is 8.78. The van der Waals surface area contributed by atoms with Crippen LogP contribution in [-0.2, 0) is 19.1 Å². The number of carbonyl (C=O) groups is 3. The van der Waals surface area contributed by atoms with Gasteiger partial charge < -0.3 is 15.2 Å². The summed E-state index contributed by atoms with van der Waals surface area (Å²) in [4.78, 5) is 34.1. The first kappa shape index (κ1) is 17.9. The summed E-state index contributed by atoms with van der Waals surface area (Å²) in [5.74, 6) is -2.14. The number of hydrogen-bond acceptors (Lipinski definition) is 6. The Hall–Kier alpha value is -1.15. The molecule has 2 N–H and O–H groups in total. The average Bonchev–Trinajstić information content (AvgIpc) is 3.24. The third-order valence-electron chi connectivity index (χ3n) is 2.68. The van der Waals surface area contributed by atoms with Crippen molar-refractivity contribution in [2.24, 2.45) is 0 Å². The summed E-state index contributed by atoms with van der Waals surface area (Å²) >= 11 is 0. The van der Waals surface area contributed by atoms with Gasteiger partial charge in [-0.1, -0.05) is 21.6 Å². The lowest BCUT2D eigenvalue weighted by Gasteiger charge is -2.11. The number of esters is 1. The van der Waals surface area contributed by atoms with Crippen molar-refractivity contribution in [2.45, 2.75) is 37.9 Å². The zero-order valence-electron chi connectivity index (χ0n) is 12.0. The number of carboxylic acids is 1. The van der Waals surface area contributed by atoms with E-state index in [-0.39, 0.29) is 12.5 Å². The van der Waals surface area contributed by atoms with Gasteiger partial charge in [0.1, 0.15) is 6.42 Å². The van der Waals surface area contributed by atoms with E-state index in [1.54, 1.807) is 24.8 Å². The van der Waals surface area contributed by atoms with Crippen molar-refractivity contribution in [1.82, 2.24) is 5.32 Å². The van der Waals surface area contributed by atoms with E-state index in [4.69, 9.17) is 9.84 Å². The number of likely N-dealkylation sites (N-methyl/N-ethyl adjacent to an activating group) is 1. The predicted octanol–water partition coefficient (Wildman–Crippen LogP) is 1.96. The molecule has 0 radical (unpaired) electrons. The van der Waals surface area contributed by atoms with Crippen LogP contribution in [0, 0.1) is 0 Å². The minimum Gasteiger partial charge on any atom is -0.481 e. The van der Waals surface area contributed by atoms with E-state index in [1.165, 1.54) is 23.6 Å². The fraction of sp³-hybridized carbons (Fsp3) is 0.615. The largest absolute Gasteiger partial charge is 0.481 e. The minimum absolute atomic E-state index is 0.0774. The van der Waals surface area contributed by atoms with Crippen LogP contribution in [0.5, 0.6) is 0 Å². The molecule has 1 fully saturated rings. The second-order valence-corrected chi connectivity index (χ2v) is 7.14. The molecule has 0 aromatic carbocycles. The lowest BCUT2D eigenvalue weighted by atomic mass is 10.2. The molecule has 0 atom stereocenters. The summed E-state index contributed by atoms with van der Waals surface area (Å²) in [6, 6.07) is 0. The summed E-state index contributed by atoms with van der Waals surface area (Å²) in [5.41, 5.74) is 0.602. The second kappa shape index (κ2) is 8.99. The minimum atomic E-state index is -1.21. The Bertz CT molecular complexity index is 446.